The summed E-state index contributed by atoms with van der Waals surface area (Å²) < 4.78 is 0.449. The monoisotopic (exact) mass is 257 g/mol. The summed E-state index contributed by atoms with van der Waals surface area (Å²) in [5.41, 5.74) is 0.123. The van der Waals surface area contributed by atoms with E-state index in [4.69, 9.17) is 10.5 Å². The number of aromatic hydroxyl groups is 1. The maximum atomic E-state index is 10.3. The molecule has 0 aromatic heterocycles. The van der Waals surface area contributed by atoms with E-state index in [1.807, 2.05) is 0 Å². The Morgan fingerprint density at radius 1 is 1.50 bits per heavy atom. The first-order chi connectivity index (χ1) is 6.52. The fourth-order valence-electron chi connectivity index (χ4n) is 1.01. The zero-order chi connectivity index (χ0) is 10.7. The predicted molar refractivity (Wildman–Crippen MR) is 54.9 cm³/mol. The van der Waals surface area contributed by atoms with Gasteiger partial charge in [0.2, 0.25) is 0 Å². The van der Waals surface area contributed by atoms with Crippen molar-refractivity contribution in [2.45, 2.75) is 6.42 Å². The molecule has 0 fully saturated rings. The third-order valence-electron chi connectivity index (χ3n) is 1.64. The van der Waals surface area contributed by atoms with Gasteiger partial charge in [-0.25, -0.2) is 0 Å². The molecule has 0 saturated carbocycles. The van der Waals surface area contributed by atoms with Crippen LogP contribution in [-0.2, 0) is 4.79 Å². The highest BCUT2D eigenvalue weighted by Gasteiger charge is 2.12. The number of halogens is 1. The average Bonchev–Trinajstić information content (AvgIpc) is 2.08. The summed E-state index contributed by atoms with van der Waals surface area (Å²) in [5, 5.41) is 25.4. The smallest absolute Gasteiger partial charge is 0.309 e. The van der Waals surface area contributed by atoms with Crippen LogP contribution in [0, 0.1) is 5.41 Å². The van der Waals surface area contributed by atoms with Gasteiger partial charge in [-0.1, -0.05) is 6.07 Å². The number of rotatable bonds is 3. The van der Waals surface area contributed by atoms with E-state index in [1.54, 1.807) is 12.1 Å². The first kappa shape index (κ1) is 10.7. The molecule has 0 heterocycles. The molecule has 74 valence electrons. The number of carboxylic acid groups (broad SMARTS) is 1. The molecule has 1 aromatic rings. The Morgan fingerprint density at radius 3 is 2.71 bits per heavy atom. The van der Waals surface area contributed by atoms with E-state index in [2.05, 4.69) is 15.9 Å². The van der Waals surface area contributed by atoms with E-state index in [-0.39, 0.29) is 17.0 Å². The molecule has 0 aliphatic rings. The van der Waals surface area contributed by atoms with Crippen LogP contribution in [0.4, 0.5) is 0 Å². The van der Waals surface area contributed by atoms with Crippen LogP contribution in [0.25, 0.3) is 0 Å². The van der Waals surface area contributed by atoms with Crippen LogP contribution in [0.15, 0.2) is 22.7 Å². The molecule has 0 amide bonds. The maximum absolute atomic E-state index is 10.3. The summed E-state index contributed by atoms with van der Waals surface area (Å²) in [5.74, 6) is -1.19. The van der Waals surface area contributed by atoms with E-state index in [9.17, 15) is 9.90 Å². The van der Waals surface area contributed by atoms with Crippen molar-refractivity contribution in [3.8, 4) is 5.75 Å². The van der Waals surface area contributed by atoms with E-state index in [0.717, 1.165) is 0 Å². The lowest BCUT2D eigenvalue weighted by Crippen LogP contribution is -2.07. The van der Waals surface area contributed by atoms with E-state index < -0.39 is 12.4 Å². The van der Waals surface area contributed by atoms with Crippen molar-refractivity contribution in [1.29, 1.82) is 5.41 Å². The van der Waals surface area contributed by atoms with Gasteiger partial charge < -0.3 is 15.6 Å². The van der Waals surface area contributed by atoms with Gasteiger partial charge in [-0.15, -0.1) is 0 Å². The third kappa shape index (κ3) is 2.32. The summed E-state index contributed by atoms with van der Waals surface area (Å²) in [7, 11) is 0. The number of phenols is 1. The van der Waals surface area contributed by atoms with Crippen LogP contribution in [0.5, 0.6) is 5.75 Å². The van der Waals surface area contributed by atoms with Gasteiger partial charge in [0.05, 0.1) is 16.6 Å². The number of benzene rings is 1. The molecule has 0 unspecified atom stereocenters. The second kappa shape index (κ2) is 4.23. The number of para-hydroxylation sites is 1. The van der Waals surface area contributed by atoms with Crippen LogP contribution >= 0.6 is 15.9 Å². The molecule has 1 aromatic carbocycles. The Balaban J connectivity index is 3.01. The molecule has 0 spiro atoms. The molecule has 14 heavy (non-hydrogen) atoms. The van der Waals surface area contributed by atoms with Crippen molar-refractivity contribution in [2.75, 3.05) is 0 Å². The number of hydrogen-bond donors (Lipinski definition) is 3. The summed E-state index contributed by atoms with van der Waals surface area (Å²) in [6.45, 7) is 0. The topological polar surface area (TPSA) is 81.4 Å². The Labute approximate surface area is 88.8 Å². The first-order valence-electron chi connectivity index (χ1n) is 3.79. The van der Waals surface area contributed by atoms with Crippen molar-refractivity contribution < 1.29 is 15.0 Å². The minimum atomic E-state index is -1.09. The first-order valence-corrected chi connectivity index (χ1v) is 4.58. The zero-order valence-electron chi connectivity index (χ0n) is 7.12. The second-order valence-electron chi connectivity index (χ2n) is 2.69. The molecule has 5 heteroatoms. The van der Waals surface area contributed by atoms with Crippen LogP contribution in [-0.4, -0.2) is 21.9 Å². The Hall–Kier alpha value is -1.36. The van der Waals surface area contributed by atoms with Gasteiger partial charge in [-0.3, -0.25) is 4.79 Å². The Bertz CT molecular complexity index is 390. The molecule has 1 rings (SSSR count). The minimum absolute atomic E-state index is 0.0984. The number of carbonyl (C=O) groups is 1. The maximum Gasteiger partial charge on any atom is 0.309 e. The fourth-order valence-corrected chi connectivity index (χ4v) is 1.37. The molecule has 0 aliphatic heterocycles. The molecular weight excluding hydrogens is 250 g/mol. The highest BCUT2D eigenvalue weighted by Crippen LogP contribution is 2.28. The lowest BCUT2D eigenvalue weighted by molar-refractivity contribution is -0.135. The average molecular weight is 258 g/mol. The lowest BCUT2D eigenvalue weighted by atomic mass is 10.1. The summed E-state index contributed by atoms with van der Waals surface area (Å²) in [6, 6.07) is 4.76. The molecule has 0 atom stereocenters. The zero-order valence-corrected chi connectivity index (χ0v) is 8.71. The molecular formula is C9H8BrNO3. The number of nitrogens with one attached hydrogen (secondary N) is 1. The van der Waals surface area contributed by atoms with Crippen molar-refractivity contribution >= 4 is 27.6 Å². The summed E-state index contributed by atoms with van der Waals surface area (Å²) in [4.78, 5) is 10.3. The van der Waals surface area contributed by atoms with E-state index in [1.165, 1.54) is 6.07 Å². The largest absolute Gasteiger partial charge is 0.506 e. The highest BCUT2D eigenvalue weighted by atomic mass is 79.9. The minimum Gasteiger partial charge on any atom is -0.506 e. The second-order valence-corrected chi connectivity index (χ2v) is 3.54. The van der Waals surface area contributed by atoms with Crippen molar-refractivity contribution in [3.05, 3.63) is 28.2 Å². The van der Waals surface area contributed by atoms with Gasteiger partial charge in [0.1, 0.15) is 5.75 Å². The van der Waals surface area contributed by atoms with Crippen LogP contribution in [0.1, 0.15) is 12.0 Å². The number of phenolic OH excluding ortho intramolecular Hbond substituents is 1. The van der Waals surface area contributed by atoms with Crippen LogP contribution in [0.2, 0.25) is 0 Å². The Morgan fingerprint density at radius 2 is 2.14 bits per heavy atom. The predicted octanol–water partition coefficient (Wildman–Crippen LogP) is 2.00. The fraction of sp³-hybridized carbons (Fsp3) is 0.111. The van der Waals surface area contributed by atoms with Gasteiger partial charge >= 0.3 is 5.97 Å². The third-order valence-corrected chi connectivity index (χ3v) is 2.28. The van der Waals surface area contributed by atoms with Gasteiger partial charge in [0, 0.05) is 5.56 Å². The summed E-state index contributed by atoms with van der Waals surface area (Å²) in [6.07, 6.45) is -0.399. The molecule has 0 bridgehead atoms. The van der Waals surface area contributed by atoms with Crippen molar-refractivity contribution in [2.24, 2.45) is 0 Å². The Kier molecular flexibility index (Phi) is 3.24. The quantitative estimate of drug-likeness (QED) is 0.725. The SMILES string of the molecule is N=C(CC(=O)O)c1cccc(Br)c1O. The van der Waals surface area contributed by atoms with Gasteiger partial charge in [0.15, 0.2) is 0 Å². The van der Waals surface area contributed by atoms with Crippen molar-refractivity contribution in [3.63, 3.8) is 0 Å². The standard InChI is InChI=1S/C9H8BrNO3/c10-6-3-1-2-5(9(6)14)7(11)4-8(12)13/h1-3,11,14H,4H2,(H,12,13). The highest BCUT2D eigenvalue weighted by molar-refractivity contribution is 9.10. The number of hydrogen-bond acceptors (Lipinski definition) is 3. The number of aliphatic carboxylic acids is 1. The van der Waals surface area contributed by atoms with E-state index in [0.29, 0.717) is 4.47 Å². The molecule has 0 radical (unpaired) electrons. The van der Waals surface area contributed by atoms with Gasteiger partial charge in [-0.2, -0.15) is 0 Å². The van der Waals surface area contributed by atoms with Gasteiger partial charge in [0.25, 0.3) is 0 Å². The lowest BCUT2D eigenvalue weighted by Gasteiger charge is -2.05. The van der Waals surface area contributed by atoms with Crippen LogP contribution in [0.3, 0.4) is 0 Å². The van der Waals surface area contributed by atoms with Crippen LogP contribution < -0.4 is 0 Å². The normalized spacial score (nSPS) is 9.79. The van der Waals surface area contributed by atoms with Gasteiger partial charge in [-0.05, 0) is 28.1 Å². The molecule has 0 aliphatic carbocycles. The summed E-state index contributed by atoms with van der Waals surface area (Å²) >= 11 is 3.09. The number of carboxylic acids is 1. The van der Waals surface area contributed by atoms with Crippen molar-refractivity contribution in [1.82, 2.24) is 0 Å². The van der Waals surface area contributed by atoms with E-state index >= 15 is 0 Å². The molecule has 3 N–H and O–H groups in total. The molecule has 4 nitrogen and oxygen atoms in total. The molecule has 0 saturated heterocycles.